The molecule has 6 rings (SSSR count). The first-order chi connectivity index (χ1) is 26.1. The average molecular weight is 764 g/mol. The number of rotatable bonds is 26. The molecule has 54 heavy (non-hydrogen) atoms. The van der Waals surface area contributed by atoms with Gasteiger partial charge in [0.1, 0.15) is 24.4 Å². The maximum Gasteiger partial charge on any atom is 0.237 e. The van der Waals surface area contributed by atoms with Crippen LogP contribution >= 0.6 is 0 Å². The van der Waals surface area contributed by atoms with Gasteiger partial charge in [-0.15, -0.1) is 5.10 Å². The zero-order valence-corrected chi connectivity index (χ0v) is 32.1. The molecule has 2 heterocycles. The van der Waals surface area contributed by atoms with Gasteiger partial charge in [-0.05, 0) is 76.2 Å². The fourth-order valence-electron chi connectivity index (χ4n) is 9.60. The summed E-state index contributed by atoms with van der Waals surface area (Å²) in [4.78, 5) is 16.7. The lowest BCUT2D eigenvalue weighted by Gasteiger charge is -2.62. The molecule has 5 aliphatic rings. The Hall–Kier alpha value is -2.30. The van der Waals surface area contributed by atoms with E-state index in [1.54, 1.807) is 9.58 Å². The third kappa shape index (κ3) is 11.9. The van der Waals surface area contributed by atoms with Crippen LogP contribution in [-0.4, -0.2) is 164 Å². The van der Waals surface area contributed by atoms with Crippen molar-refractivity contribution in [3.8, 4) is 6.07 Å². The molecule has 1 aromatic rings. The first-order valence-electron chi connectivity index (χ1n) is 20.3. The lowest BCUT2D eigenvalue weighted by atomic mass is 9.51. The topological polar surface area (TPSA) is 219 Å². The minimum atomic E-state index is -1.67. The summed E-state index contributed by atoms with van der Waals surface area (Å²) in [5.41, 5.74) is 0.452. The Morgan fingerprint density at radius 3 is 2.48 bits per heavy atom. The van der Waals surface area contributed by atoms with Gasteiger partial charge in [-0.1, -0.05) is 31.4 Å². The Bertz CT molecular complexity index is 1320. The molecule has 1 aliphatic heterocycles. The standard InChI is InChI=1S/C38H65N7O9/c1-2-3-4-5-8-43(25-32(47)35(50)36(51)33(48)26-46)23-30-24-44(42-41-30)10-11-52-12-13-53-14-15-54-38-19-28-16-29(20-38)18-37(17-28,27-38)40-22-34(49)45-9-6-7-31(45)21-39/h24,28-29,31-33,35-36,40,46-48,50-51H,2-20,22-23,25-27H2,1H3/t28-,29?,31-,32-,33+,35+,36+,37?,38?/m0/s1. The van der Waals surface area contributed by atoms with Gasteiger partial charge in [0.15, 0.2) is 0 Å². The van der Waals surface area contributed by atoms with E-state index in [-0.39, 0.29) is 36.2 Å². The summed E-state index contributed by atoms with van der Waals surface area (Å²) < 4.78 is 19.9. The second-order valence-electron chi connectivity index (χ2n) is 16.3. The van der Waals surface area contributed by atoms with E-state index >= 15 is 0 Å². The van der Waals surface area contributed by atoms with Crippen LogP contribution in [0.1, 0.15) is 89.7 Å². The number of nitriles is 1. The van der Waals surface area contributed by atoms with E-state index in [1.807, 2.05) is 11.1 Å². The van der Waals surface area contributed by atoms with Gasteiger partial charge in [-0.2, -0.15) is 5.26 Å². The van der Waals surface area contributed by atoms with Crippen molar-refractivity contribution in [2.45, 2.75) is 139 Å². The number of nitrogens with one attached hydrogen (secondary N) is 1. The minimum Gasteiger partial charge on any atom is -0.394 e. The molecule has 0 aromatic carbocycles. The smallest absolute Gasteiger partial charge is 0.237 e. The molecular weight excluding hydrogens is 698 g/mol. The number of amides is 1. The summed E-state index contributed by atoms with van der Waals surface area (Å²) in [6.45, 7) is 6.27. The zero-order valence-electron chi connectivity index (χ0n) is 32.1. The third-order valence-corrected chi connectivity index (χ3v) is 11.9. The molecule has 1 aromatic heterocycles. The minimum absolute atomic E-state index is 0.0362. The van der Waals surface area contributed by atoms with Gasteiger partial charge in [0, 0.05) is 31.4 Å². The van der Waals surface area contributed by atoms with Gasteiger partial charge in [0.2, 0.25) is 5.91 Å². The Morgan fingerprint density at radius 1 is 1.04 bits per heavy atom. The number of aromatic nitrogens is 3. The van der Waals surface area contributed by atoms with Crippen LogP contribution in [0.4, 0.5) is 0 Å². The lowest BCUT2D eigenvalue weighted by molar-refractivity contribution is -0.182. The van der Waals surface area contributed by atoms with Crippen molar-refractivity contribution >= 4 is 5.91 Å². The van der Waals surface area contributed by atoms with Crippen LogP contribution in [0, 0.1) is 23.2 Å². The highest BCUT2D eigenvalue weighted by molar-refractivity contribution is 5.79. The summed E-state index contributed by atoms with van der Waals surface area (Å²) in [5, 5.41) is 71.2. The summed E-state index contributed by atoms with van der Waals surface area (Å²) >= 11 is 0. The molecule has 4 bridgehead atoms. The van der Waals surface area contributed by atoms with E-state index in [9.17, 15) is 30.5 Å². The predicted molar refractivity (Wildman–Crippen MR) is 197 cm³/mol. The third-order valence-electron chi connectivity index (χ3n) is 11.9. The van der Waals surface area contributed by atoms with Crippen LogP contribution in [0.15, 0.2) is 6.20 Å². The summed E-state index contributed by atoms with van der Waals surface area (Å²) in [5.74, 6) is 1.25. The molecule has 5 fully saturated rings. The van der Waals surface area contributed by atoms with E-state index in [1.165, 1.54) is 6.42 Å². The van der Waals surface area contributed by atoms with Crippen molar-refractivity contribution in [3.63, 3.8) is 0 Å². The Labute approximate surface area is 319 Å². The van der Waals surface area contributed by atoms with E-state index in [0.717, 1.165) is 70.6 Å². The monoisotopic (exact) mass is 763 g/mol. The number of aliphatic hydroxyl groups excluding tert-OH is 5. The highest BCUT2D eigenvalue weighted by Crippen LogP contribution is 2.58. The van der Waals surface area contributed by atoms with E-state index < -0.39 is 31.0 Å². The zero-order chi connectivity index (χ0) is 38.6. The molecule has 9 atom stereocenters. The van der Waals surface area contributed by atoms with Crippen molar-refractivity contribution < 1.29 is 44.5 Å². The molecule has 4 aliphatic carbocycles. The number of likely N-dealkylation sites (tertiary alicyclic amines) is 1. The Morgan fingerprint density at radius 2 is 1.76 bits per heavy atom. The molecular formula is C38H65N7O9. The SMILES string of the molecule is CCCCCCN(Cc1cn(CCOCCOCCOC23CC4C[C@@H](CC(NCC(=O)N5CCC[C@H]5C#N)(C4)C2)C3)nn1)C[C@H](O)[C@@H](O)[C@H](O)[C@H](O)CO. The number of hydrogen-bond acceptors (Lipinski definition) is 14. The van der Waals surface area contributed by atoms with Gasteiger partial charge >= 0.3 is 0 Å². The van der Waals surface area contributed by atoms with Gasteiger partial charge in [-0.25, -0.2) is 4.68 Å². The van der Waals surface area contributed by atoms with Gasteiger partial charge in [0.25, 0.3) is 0 Å². The Balaban J connectivity index is 0.966. The van der Waals surface area contributed by atoms with Crippen LogP contribution in [0.2, 0.25) is 0 Å². The summed E-state index contributed by atoms with van der Waals surface area (Å²) in [7, 11) is 0. The molecule has 306 valence electrons. The second kappa shape index (κ2) is 20.7. The predicted octanol–water partition coefficient (Wildman–Crippen LogP) is 0.342. The van der Waals surface area contributed by atoms with Crippen LogP contribution in [0.5, 0.6) is 0 Å². The quantitative estimate of drug-likeness (QED) is 0.0702. The second-order valence-corrected chi connectivity index (χ2v) is 16.3. The molecule has 1 amide bonds. The molecule has 1 saturated heterocycles. The van der Waals surface area contributed by atoms with Crippen LogP contribution < -0.4 is 5.32 Å². The average Bonchev–Trinajstić information content (AvgIpc) is 3.83. The van der Waals surface area contributed by atoms with Crippen molar-refractivity contribution in [1.29, 1.82) is 5.26 Å². The van der Waals surface area contributed by atoms with Crippen molar-refractivity contribution in [3.05, 3.63) is 11.9 Å². The van der Waals surface area contributed by atoms with Crippen LogP contribution in [0.3, 0.4) is 0 Å². The van der Waals surface area contributed by atoms with E-state index in [2.05, 4.69) is 28.6 Å². The van der Waals surface area contributed by atoms with Crippen molar-refractivity contribution in [1.82, 2.24) is 30.1 Å². The fourth-order valence-corrected chi connectivity index (χ4v) is 9.60. The number of carbonyl (C=O) groups excluding carboxylic acids is 1. The molecule has 0 spiro atoms. The first-order valence-corrected chi connectivity index (χ1v) is 20.3. The maximum absolute atomic E-state index is 13.0. The van der Waals surface area contributed by atoms with Crippen LogP contribution in [0.25, 0.3) is 0 Å². The summed E-state index contributed by atoms with van der Waals surface area (Å²) in [6, 6.07) is 1.99. The number of carbonyl (C=O) groups is 1. The van der Waals surface area contributed by atoms with Crippen LogP contribution in [-0.2, 0) is 32.1 Å². The van der Waals surface area contributed by atoms with Gasteiger partial charge in [-0.3, -0.25) is 9.69 Å². The molecule has 16 nitrogen and oxygen atoms in total. The number of hydrogen-bond donors (Lipinski definition) is 6. The highest BCUT2D eigenvalue weighted by atomic mass is 16.6. The number of ether oxygens (including phenoxy) is 3. The molecule has 3 unspecified atom stereocenters. The first kappa shape index (κ1) is 42.8. The number of nitrogens with zero attached hydrogens (tertiary/aromatic N) is 6. The lowest BCUT2D eigenvalue weighted by Crippen LogP contribution is -2.66. The van der Waals surface area contributed by atoms with Crippen molar-refractivity contribution in [2.24, 2.45) is 11.8 Å². The molecule has 0 radical (unpaired) electrons. The van der Waals surface area contributed by atoms with Gasteiger partial charge in [0.05, 0.1) is 76.2 Å². The fraction of sp³-hybridized carbons (Fsp3) is 0.895. The molecule has 6 N–H and O–H groups in total. The highest BCUT2D eigenvalue weighted by Gasteiger charge is 2.58. The number of unbranched alkanes of at least 4 members (excludes halogenated alkanes) is 3. The maximum atomic E-state index is 13.0. The van der Waals surface area contributed by atoms with Crippen molar-refractivity contribution in [2.75, 3.05) is 65.8 Å². The Kier molecular flexibility index (Phi) is 16.5. The van der Waals surface area contributed by atoms with E-state index in [0.29, 0.717) is 76.7 Å². The summed E-state index contributed by atoms with van der Waals surface area (Å²) in [6.07, 6.45) is 7.88. The molecule has 4 saturated carbocycles. The van der Waals surface area contributed by atoms with Gasteiger partial charge < -0.3 is 50.0 Å². The molecule has 16 heteroatoms. The number of aliphatic hydroxyl groups is 5. The van der Waals surface area contributed by atoms with E-state index in [4.69, 9.17) is 19.3 Å². The largest absolute Gasteiger partial charge is 0.394 e. The normalized spacial score (nSPS) is 28.4.